The second kappa shape index (κ2) is 8.21. The lowest BCUT2D eigenvalue weighted by Crippen LogP contribution is -2.12. The van der Waals surface area contributed by atoms with E-state index in [0.29, 0.717) is 27.8 Å². The Bertz CT molecular complexity index is 745. The molecule has 0 radical (unpaired) electrons. The van der Waals surface area contributed by atoms with Crippen LogP contribution in [0.15, 0.2) is 41.6 Å². The molecule has 0 aromatic heterocycles. The highest BCUT2D eigenvalue weighted by molar-refractivity contribution is 6.32. The summed E-state index contributed by atoms with van der Waals surface area (Å²) >= 11 is 6.10. The van der Waals surface area contributed by atoms with Crippen LogP contribution in [0.2, 0.25) is 5.02 Å². The molecule has 0 unspecified atom stereocenters. The van der Waals surface area contributed by atoms with Crippen molar-refractivity contribution in [2.75, 3.05) is 26.6 Å². The summed E-state index contributed by atoms with van der Waals surface area (Å²) < 4.78 is 10.4. The lowest BCUT2D eigenvalue weighted by Gasteiger charge is -2.13. The summed E-state index contributed by atoms with van der Waals surface area (Å²) in [5.74, 6) is 0.631. The van der Waals surface area contributed by atoms with Gasteiger partial charge in [-0.1, -0.05) is 28.9 Å². The number of nitrogens with zero attached hydrogens (tertiary/aromatic N) is 1. The van der Waals surface area contributed by atoms with Crippen molar-refractivity contribution in [2.24, 2.45) is 5.16 Å². The Morgan fingerprint density at radius 2 is 1.75 bits per heavy atom. The molecule has 0 spiro atoms. The quantitative estimate of drug-likeness (QED) is 0.639. The zero-order valence-electron chi connectivity index (χ0n) is 13.5. The molecule has 0 aliphatic carbocycles. The molecule has 1 N–H and O–H groups in total. The fraction of sp³-hybridized carbons (Fsp3) is 0.176. The Hall–Kier alpha value is -2.73. The molecule has 0 heterocycles. The second-order valence-electron chi connectivity index (χ2n) is 4.68. The molecule has 2 rings (SSSR count). The number of anilines is 1. The zero-order chi connectivity index (χ0) is 17.5. The summed E-state index contributed by atoms with van der Waals surface area (Å²) in [5, 5.41) is 6.81. The molecule has 0 aliphatic heterocycles. The maximum absolute atomic E-state index is 12.4. The average molecular weight is 349 g/mol. The first-order chi connectivity index (χ1) is 11.6. The van der Waals surface area contributed by atoms with Gasteiger partial charge in [-0.3, -0.25) is 4.79 Å². The van der Waals surface area contributed by atoms with Gasteiger partial charge in [-0.05, 0) is 23.8 Å². The van der Waals surface area contributed by atoms with Crippen LogP contribution in [0.25, 0.3) is 0 Å². The van der Waals surface area contributed by atoms with Gasteiger partial charge in [-0.15, -0.1) is 0 Å². The van der Waals surface area contributed by atoms with Crippen LogP contribution in [0.3, 0.4) is 0 Å². The fourth-order valence-electron chi connectivity index (χ4n) is 1.99. The van der Waals surface area contributed by atoms with Crippen molar-refractivity contribution in [2.45, 2.75) is 0 Å². The van der Waals surface area contributed by atoms with E-state index in [2.05, 4.69) is 15.3 Å². The molecule has 126 valence electrons. The first-order valence-corrected chi connectivity index (χ1v) is 7.36. The Morgan fingerprint density at radius 3 is 2.33 bits per heavy atom. The van der Waals surface area contributed by atoms with Crippen molar-refractivity contribution < 1.29 is 19.1 Å². The molecule has 0 fully saturated rings. The number of carbonyl (C=O) groups is 1. The van der Waals surface area contributed by atoms with Gasteiger partial charge in [-0.25, -0.2) is 0 Å². The molecule has 2 aromatic carbocycles. The zero-order valence-corrected chi connectivity index (χ0v) is 14.3. The van der Waals surface area contributed by atoms with Crippen LogP contribution in [0.1, 0.15) is 15.9 Å². The van der Waals surface area contributed by atoms with Gasteiger partial charge in [0.2, 0.25) is 0 Å². The Labute approximate surface area is 145 Å². The van der Waals surface area contributed by atoms with Crippen molar-refractivity contribution in [1.29, 1.82) is 0 Å². The first-order valence-electron chi connectivity index (χ1n) is 6.98. The maximum Gasteiger partial charge on any atom is 0.255 e. The Balaban J connectivity index is 2.20. The van der Waals surface area contributed by atoms with Crippen LogP contribution in [0.5, 0.6) is 11.5 Å². The highest BCUT2D eigenvalue weighted by atomic mass is 35.5. The molecule has 0 bridgehead atoms. The molecular weight excluding hydrogens is 332 g/mol. The van der Waals surface area contributed by atoms with E-state index in [4.69, 9.17) is 21.1 Å². The summed E-state index contributed by atoms with van der Waals surface area (Å²) in [5.41, 5.74) is 1.76. The van der Waals surface area contributed by atoms with Gasteiger partial charge in [0, 0.05) is 11.6 Å². The summed E-state index contributed by atoms with van der Waals surface area (Å²) in [6, 6.07) is 10.1. The minimum atomic E-state index is -0.287. The van der Waals surface area contributed by atoms with E-state index in [-0.39, 0.29) is 5.91 Å². The minimum Gasteiger partial charge on any atom is -0.495 e. The largest absolute Gasteiger partial charge is 0.495 e. The molecule has 7 heteroatoms. The Kier molecular flexibility index (Phi) is 6.03. The monoisotopic (exact) mass is 348 g/mol. The number of oxime groups is 1. The number of hydrogen-bond acceptors (Lipinski definition) is 5. The van der Waals surface area contributed by atoms with Crippen LogP contribution in [-0.4, -0.2) is 33.5 Å². The smallest absolute Gasteiger partial charge is 0.255 e. The minimum absolute atomic E-state index is 0.287. The second-order valence-corrected chi connectivity index (χ2v) is 5.09. The van der Waals surface area contributed by atoms with E-state index in [1.54, 1.807) is 42.6 Å². The van der Waals surface area contributed by atoms with Gasteiger partial charge in [0.25, 0.3) is 5.91 Å². The fourth-order valence-corrected chi connectivity index (χ4v) is 2.23. The molecule has 2 aromatic rings. The van der Waals surface area contributed by atoms with Crippen molar-refractivity contribution in [3.8, 4) is 11.5 Å². The van der Waals surface area contributed by atoms with Gasteiger partial charge in [0.15, 0.2) is 0 Å². The number of methoxy groups -OCH3 is 2. The summed E-state index contributed by atoms with van der Waals surface area (Å²) in [6.45, 7) is 0. The van der Waals surface area contributed by atoms with Crippen LogP contribution < -0.4 is 14.8 Å². The van der Waals surface area contributed by atoms with E-state index in [0.717, 1.165) is 5.56 Å². The van der Waals surface area contributed by atoms with Crippen molar-refractivity contribution >= 4 is 29.4 Å². The molecule has 0 saturated carbocycles. The van der Waals surface area contributed by atoms with Gasteiger partial charge in [-0.2, -0.15) is 0 Å². The molecule has 0 aliphatic rings. The third-order valence-corrected chi connectivity index (χ3v) is 3.50. The average Bonchev–Trinajstić information content (AvgIpc) is 2.60. The van der Waals surface area contributed by atoms with E-state index >= 15 is 0 Å². The predicted octanol–water partition coefficient (Wildman–Crippen LogP) is 3.59. The molecule has 24 heavy (non-hydrogen) atoms. The van der Waals surface area contributed by atoms with Gasteiger partial charge >= 0.3 is 0 Å². The summed E-state index contributed by atoms with van der Waals surface area (Å²) in [7, 11) is 4.47. The van der Waals surface area contributed by atoms with Crippen LogP contribution in [-0.2, 0) is 4.84 Å². The standard InChI is InChI=1S/C17H17ClN2O4/c1-22-15-9-16(23-2)14(8-13(15)18)20-17(21)12-6-4-11(5-7-12)10-19-24-3/h4-10H,1-3H3,(H,20,21)/b19-10+. The number of nitrogens with one attached hydrogen (secondary N) is 1. The van der Waals surface area contributed by atoms with Crippen LogP contribution >= 0.6 is 11.6 Å². The molecular formula is C17H17ClN2O4. The number of hydrogen-bond donors (Lipinski definition) is 1. The maximum atomic E-state index is 12.4. The number of halogens is 1. The number of rotatable bonds is 6. The number of benzene rings is 2. The van der Waals surface area contributed by atoms with Gasteiger partial charge in [0.05, 0.1) is 31.1 Å². The highest BCUT2D eigenvalue weighted by Crippen LogP contribution is 2.36. The lowest BCUT2D eigenvalue weighted by atomic mass is 10.1. The molecule has 0 saturated heterocycles. The van der Waals surface area contributed by atoms with Crippen molar-refractivity contribution in [3.63, 3.8) is 0 Å². The van der Waals surface area contributed by atoms with E-state index < -0.39 is 0 Å². The van der Waals surface area contributed by atoms with E-state index in [9.17, 15) is 4.79 Å². The normalized spacial score (nSPS) is 10.5. The third-order valence-electron chi connectivity index (χ3n) is 3.20. The first kappa shape index (κ1) is 17.6. The topological polar surface area (TPSA) is 69.2 Å². The molecule has 6 nitrogen and oxygen atoms in total. The molecule has 1 amide bonds. The summed E-state index contributed by atoms with van der Waals surface area (Å²) in [6.07, 6.45) is 1.55. The van der Waals surface area contributed by atoms with Gasteiger partial charge in [0.1, 0.15) is 18.6 Å². The third kappa shape index (κ3) is 4.17. The molecule has 0 atom stereocenters. The van der Waals surface area contributed by atoms with Crippen molar-refractivity contribution in [3.05, 3.63) is 52.5 Å². The SMILES string of the molecule is CO/N=C/c1ccc(C(=O)Nc2cc(Cl)c(OC)cc2OC)cc1. The Morgan fingerprint density at radius 1 is 1.08 bits per heavy atom. The van der Waals surface area contributed by atoms with E-state index in [1.807, 2.05) is 0 Å². The van der Waals surface area contributed by atoms with Crippen molar-refractivity contribution in [1.82, 2.24) is 0 Å². The number of amides is 1. The number of ether oxygens (including phenoxy) is 2. The van der Waals surface area contributed by atoms with Crippen LogP contribution in [0.4, 0.5) is 5.69 Å². The van der Waals surface area contributed by atoms with Gasteiger partial charge < -0.3 is 19.6 Å². The highest BCUT2D eigenvalue weighted by Gasteiger charge is 2.13. The predicted molar refractivity (Wildman–Crippen MR) is 93.6 cm³/mol. The summed E-state index contributed by atoms with van der Waals surface area (Å²) in [4.78, 5) is 17.0. The number of carbonyl (C=O) groups excluding carboxylic acids is 1. The lowest BCUT2D eigenvalue weighted by molar-refractivity contribution is 0.102. The van der Waals surface area contributed by atoms with Crippen LogP contribution in [0, 0.1) is 0 Å². The van der Waals surface area contributed by atoms with E-state index in [1.165, 1.54) is 21.3 Å².